The summed E-state index contributed by atoms with van der Waals surface area (Å²) < 4.78 is 0. The maximum Gasteiger partial charge on any atom is 0.340 e. The Balaban J connectivity index is 0.00000320. The number of carboxylic acid groups (broad SMARTS) is 4. The van der Waals surface area contributed by atoms with Gasteiger partial charge >= 0.3 is 23.9 Å². The number of aromatic nitrogens is 4. The summed E-state index contributed by atoms with van der Waals surface area (Å²) in [5.74, 6) is -5.50. The fourth-order valence-electron chi connectivity index (χ4n) is 4.11. The van der Waals surface area contributed by atoms with E-state index in [9.17, 15) is 39.6 Å². The van der Waals surface area contributed by atoms with E-state index in [2.05, 4.69) is 19.9 Å². The van der Waals surface area contributed by atoms with E-state index in [0.717, 1.165) is 0 Å². The Bertz CT molecular complexity index is 1650. The second kappa shape index (κ2) is 9.69. The first kappa shape index (κ1) is 25.9. The number of aromatic carboxylic acids is 4. The van der Waals surface area contributed by atoms with Crippen LogP contribution < -0.4 is 0 Å². The van der Waals surface area contributed by atoms with Gasteiger partial charge in [0.2, 0.25) is 0 Å². The summed E-state index contributed by atoms with van der Waals surface area (Å²) in [6.07, 6.45) is 5.26. The van der Waals surface area contributed by atoms with Crippen LogP contribution in [0, 0.1) is 39.9 Å². The smallest absolute Gasteiger partial charge is 0.340 e. The van der Waals surface area contributed by atoms with Crippen molar-refractivity contribution in [2.24, 2.45) is 0 Å². The van der Waals surface area contributed by atoms with Gasteiger partial charge in [0, 0.05) is 39.9 Å². The first-order valence-electron chi connectivity index (χ1n) is 10.2. The molecule has 0 saturated heterocycles. The maximum absolute atomic E-state index is 12.1. The molecule has 3 aromatic heterocycles. The second-order valence-corrected chi connectivity index (χ2v) is 7.72. The topological polar surface area (TPSA) is 207 Å². The number of hydrogen-bond donors (Lipinski definition) is 6. The van der Waals surface area contributed by atoms with Crippen LogP contribution in [0.15, 0.2) is 24.3 Å². The summed E-state index contributed by atoms with van der Waals surface area (Å²) in [6, 6.07) is 5.45. The molecule has 2 aliphatic heterocycles. The average molecular weight is 644 g/mol. The Morgan fingerprint density at radius 2 is 0.757 bits per heavy atom. The summed E-state index contributed by atoms with van der Waals surface area (Å²) >= 11 is 0. The zero-order chi connectivity index (χ0) is 25.7. The Labute approximate surface area is 237 Å². The zero-order valence-electron chi connectivity index (χ0n) is 18.3. The molecule has 3 aromatic rings. The number of carboxylic acids is 4. The van der Waals surface area contributed by atoms with Crippen LogP contribution >= 0.6 is 0 Å². The van der Waals surface area contributed by atoms with Gasteiger partial charge in [-0.05, 0) is 48.6 Å². The number of hydrogen-bond acceptors (Lipinski definition) is 6. The summed E-state index contributed by atoms with van der Waals surface area (Å²) in [7, 11) is 0. The van der Waals surface area contributed by atoms with E-state index in [-0.39, 0.29) is 107 Å². The van der Waals surface area contributed by atoms with Gasteiger partial charge in [-0.25, -0.2) is 29.1 Å². The van der Waals surface area contributed by atoms with Gasteiger partial charge < -0.3 is 30.4 Å². The summed E-state index contributed by atoms with van der Waals surface area (Å²) in [6.45, 7) is 0. The van der Waals surface area contributed by atoms with Gasteiger partial charge in [-0.3, -0.25) is 0 Å². The van der Waals surface area contributed by atoms with E-state index < -0.39 is 23.9 Å². The molecule has 0 radical (unpaired) electrons. The summed E-state index contributed by atoms with van der Waals surface area (Å²) in [4.78, 5) is 62.4. The number of aromatic amines is 2. The molecule has 186 valence electrons. The van der Waals surface area contributed by atoms with Crippen LogP contribution in [0.4, 0.5) is 0 Å². The van der Waals surface area contributed by atoms with E-state index in [1.54, 1.807) is 0 Å². The van der Waals surface area contributed by atoms with Crippen molar-refractivity contribution in [3.05, 3.63) is 69.3 Å². The van der Waals surface area contributed by atoms with Crippen LogP contribution in [0.5, 0.6) is 0 Å². The number of carbonyl (C=O) groups is 4. The van der Waals surface area contributed by atoms with Crippen LogP contribution in [0.2, 0.25) is 0 Å². The molecule has 12 nitrogen and oxygen atoms in total. The molecule has 5 rings (SSSR count). The van der Waals surface area contributed by atoms with Gasteiger partial charge in [-0.15, -0.1) is 0 Å². The predicted octanol–water partition coefficient (Wildman–Crippen LogP) is 3.45. The molecule has 0 unspecified atom stereocenters. The van der Waals surface area contributed by atoms with Gasteiger partial charge in [-0.2, -0.15) is 0 Å². The normalized spacial score (nSPS) is 11.7. The minimum absolute atomic E-state index is 0. The van der Waals surface area contributed by atoms with E-state index in [4.69, 9.17) is 0 Å². The fraction of sp³-hybridized carbons (Fsp3) is 0. The molecule has 0 atom stereocenters. The molecule has 13 heteroatoms. The Kier molecular flexibility index (Phi) is 6.78. The predicted molar refractivity (Wildman–Crippen MR) is 127 cm³/mol. The molecule has 37 heavy (non-hydrogen) atoms. The average Bonchev–Trinajstić information content (AvgIpc) is 3.57. The van der Waals surface area contributed by atoms with E-state index in [1.807, 2.05) is 0 Å². The molecule has 0 aromatic carbocycles. The molecule has 8 bridgehead atoms. The third-order valence-corrected chi connectivity index (χ3v) is 5.61. The number of nitrogens with one attached hydrogen (secondary N) is 2. The molecular weight excluding hydrogens is 630 g/mol. The van der Waals surface area contributed by atoms with Gasteiger partial charge in [0.15, 0.2) is 0 Å². The van der Waals surface area contributed by atoms with Gasteiger partial charge in [0.25, 0.3) is 0 Å². The van der Waals surface area contributed by atoms with Gasteiger partial charge in [-0.1, -0.05) is 0 Å². The minimum Gasteiger partial charge on any atom is -0.478 e. The van der Waals surface area contributed by atoms with Crippen molar-refractivity contribution < 1.29 is 79.5 Å². The van der Waals surface area contributed by atoms with E-state index in [0.29, 0.717) is 0 Å². The Hall–Kier alpha value is -4.20. The van der Waals surface area contributed by atoms with Crippen molar-refractivity contribution in [3.8, 4) is 0 Å². The molecule has 6 N–H and O–H groups in total. The molecular formula is C24H14GdN4O8. The number of fused-ring (bicyclic) bond motifs is 8. The minimum atomic E-state index is -1.40. The quantitative estimate of drug-likeness (QED) is 0.168. The van der Waals surface area contributed by atoms with Crippen LogP contribution in [0.3, 0.4) is 0 Å². The molecule has 0 aliphatic carbocycles. The van der Waals surface area contributed by atoms with E-state index in [1.165, 1.54) is 48.6 Å². The number of nitrogens with zero attached hydrogens (tertiary/aromatic N) is 2. The second-order valence-electron chi connectivity index (χ2n) is 7.72. The number of rotatable bonds is 4. The van der Waals surface area contributed by atoms with Crippen LogP contribution in [0.25, 0.3) is 46.4 Å². The van der Waals surface area contributed by atoms with Gasteiger partial charge in [0.1, 0.15) is 22.3 Å². The van der Waals surface area contributed by atoms with Crippen molar-refractivity contribution in [1.82, 2.24) is 19.9 Å². The van der Waals surface area contributed by atoms with Crippen molar-refractivity contribution in [2.75, 3.05) is 0 Å². The maximum atomic E-state index is 12.1. The van der Waals surface area contributed by atoms with Crippen molar-refractivity contribution in [2.45, 2.75) is 0 Å². The van der Waals surface area contributed by atoms with Crippen molar-refractivity contribution in [3.63, 3.8) is 0 Å². The molecule has 0 saturated carbocycles. The fourth-order valence-corrected chi connectivity index (χ4v) is 4.11. The summed E-state index contributed by atoms with van der Waals surface area (Å²) in [5.41, 5.74) is -1.38. The van der Waals surface area contributed by atoms with Crippen LogP contribution in [-0.2, 0) is 0 Å². The zero-order valence-corrected chi connectivity index (χ0v) is 20.6. The third-order valence-electron chi connectivity index (χ3n) is 5.61. The first-order valence-corrected chi connectivity index (χ1v) is 10.2. The molecule has 0 amide bonds. The van der Waals surface area contributed by atoms with Gasteiger partial charge in [0.05, 0.1) is 44.8 Å². The largest absolute Gasteiger partial charge is 0.478 e. The third kappa shape index (κ3) is 4.44. The molecule has 0 spiro atoms. The molecule has 0 fully saturated rings. The molecule has 5 heterocycles. The SMILES string of the molecule is O=C(O)c1c2nc(c(C(=O)O)c3ccc([nH]3)c(C(=O)O)c3ccc([nH]3)c(C(=O)O)c3nc1C=C3)C=C2.[Gd]. The van der Waals surface area contributed by atoms with Crippen molar-refractivity contribution >= 4 is 70.2 Å². The molecule has 2 aliphatic rings. The van der Waals surface area contributed by atoms with Crippen molar-refractivity contribution in [1.29, 1.82) is 0 Å². The summed E-state index contributed by atoms with van der Waals surface area (Å²) in [5, 5.41) is 39.5. The Morgan fingerprint density at radius 3 is 1.05 bits per heavy atom. The first-order chi connectivity index (χ1) is 17.2. The number of H-pyrrole nitrogens is 2. The van der Waals surface area contributed by atoms with E-state index >= 15 is 0 Å². The Morgan fingerprint density at radius 1 is 0.486 bits per heavy atom. The van der Waals surface area contributed by atoms with Crippen LogP contribution in [-0.4, -0.2) is 64.2 Å². The monoisotopic (exact) mass is 644 g/mol. The van der Waals surface area contributed by atoms with Crippen LogP contribution in [0.1, 0.15) is 64.2 Å². The standard InChI is InChI=1S/C24H14N4O8.Gd/c29-21(30)17-9-1-2-10(25-9)18(22(31)32)12-5-6-14(27-12)20(24(35)36)16-8-7-15(28-16)19(23(33)34)13-4-3-11(17)26-13;/h1-8,25-26H,(H,29,30)(H,31,32)(H,33,34)(H,35,36);.